The van der Waals surface area contributed by atoms with E-state index in [1.54, 1.807) is 0 Å². The Balaban J connectivity index is 2.26. The largest absolute Gasteiger partial charge is 0.299 e. The molecule has 0 aromatic heterocycles. The summed E-state index contributed by atoms with van der Waals surface area (Å²) in [5, 5.41) is 0. The van der Waals surface area contributed by atoms with E-state index in [9.17, 15) is 4.79 Å². The molecule has 0 aliphatic carbocycles. The van der Waals surface area contributed by atoms with Gasteiger partial charge >= 0.3 is 0 Å². The van der Waals surface area contributed by atoms with Crippen LogP contribution < -0.4 is 0 Å². The van der Waals surface area contributed by atoms with Crippen molar-refractivity contribution in [3.05, 3.63) is 59.2 Å². The molecule has 0 heterocycles. The van der Waals surface area contributed by atoms with Gasteiger partial charge in [0.1, 0.15) is 5.78 Å². The average Bonchev–Trinajstić information content (AvgIpc) is 2.43. The highest BCUT2D eigenvalue weighted by molar-refractivity contribution is 5.80. The summed E-state index contributed by atoms with van der Waals surface area (Å²) in [4.78, 5) is 11.8. The predicted molar refractivity (Wildman–Crippen MR) is 86.8 cm³/mol. The molecule has 1 aromatic rings. The topological polar surface area (TPSA) is 17.1 Å². The number of carbonyl (C=O) groups excluding carboxylic acids is 1. The number of carbonyl (C=O) groups is 1. The molecule has 0 atom stereocenters. The third kappa shape index (κ3) is 7.73. The van der Waals surface area contributed by atoms with Gasteiger partial charge < -0.3 is 0 Å². The summed E-state index contributed by atoms with van der Waals surface area (Å²) in [6, 6.07) is 10.2. The highest BCUT2D eigenvalue weighted by Crippen LogP contribution is 2.09. The zero-order valence-electron chi connectivity index (χ0n) is 13.0. The van der Waals surface area contributed by atoms with Crippen molar-refractivity contribution in [2.75, 3.05) is 0 Å². The lowest BCUT2D eigenvalue weighted by Crippen LogP contribution is -1.98. The minimum atomic E-state index is 0.329. The van der Waals surface area contributed by atoms with E-state index in [0.29, 0.717) is 18.6 Å². The van der Waals surface area contributed by atoms with Crippen molar-refractivity contribution >= 4 is 5.78 Å². The van der Waals surface area contributed by atoms with Crippen molar-refractivity contribution in [2.24, 2.45) is 0 Å². The van der Waals surface area contributed by atoms with E-state index in [0.717, 1.165) is 19.3 Å². The van der Waals surface area contributed by atoms with Gasteiger partial charge in [-0.1, -0.05) is 53.6 Å². The highest BCUT2D eigenvalue weighted by atomic mass is 16.1. The molecule has 0 amide bonds. The van der Waals surface area contributed by atoms with Crippen LogP contribution in [0.3, 0.4) is 0 Å². The van der Waals surface area contributed by atoms with E-state index < -0.39 is 0 Å². The van der Waals surface area contributed by atoms with Crippen molar-refractivity contribution < 1.29 is 4.79 Å². The van der Waals surface area contributed by atoms with Crippen LogP contribution in [0.2, 0.25) is 0 Å². The van der Waals surface area contributed by atoms with Gasteiger partial charge in [-0.25, -0.2) is 0 Å². The Hall–Kier alpha value is -1.63. The number of rotatable bonds is 8. The van der Waals surface area contributed by atoms with Gasteiger partial charge in [0.2, 0.25) is 0 Å². The number of ketones is 1. The Kier molecular flexibility index (Phi) is 7.64. The highest BCUT2D eigenvalue weighted by Gasteiger charge is 2.01. The van der Waals surface area contributed by atoms with Crippen LogP contribution in [0.15, 0.2) is 53.6 Å². The molecule has 1 heteroatoms. The zero-order valence-corrected chi connectivity index (χ0v) is 13.0. The van der Waals surface area contributed by atoms with Crippen LogP contribution in [0.4, 0.5) is 0 Å². The maximum absolute atomic E-state index is 11.8. The van der Waals surface area contributed by atoms with Crippen molar-refractivity contribution in [1.82, 2.24) is 0 Å². The molecule has 0 aliphatic heterocycles. The summed E-state index contributed by atoms with van der Waals surface area (Å²) >= 11 is 0. The Morgan fingerprint density at radius 3 is 2.35 bits per heavy atom. The first-order valence-corrected chi connectivity index (χ1v) is 7.42. The average molecular weight is 270 g/mol. The summed E-state index contributed by atoms with van der Waals surface area (Å²) in [5.74, 6) is 0.329. The van der Waals surface area contributed by atoms with Crippen LogP contribution >= 0.6 is 0 Å². The van der Waals surface area contributed by atoms with Crippen LogP contribution in [-0.2, 0) is 11.2 Å². The third-order valence-corrected chi connectivity index (χ3v) is 3.30. The molecule has 108 valence electrons. The second-order valence-corrected chi connectivity index (χ2v) is 5.60. The smallest absolute Gasteiger partial charge is 0.136 e. The van der Waals surface area contributed by atoms with Gasteiger partial charge in [-0.15, -0.1) is 0 Å². The minimum absolute atomic E-state index is 0.329. The summed E-state index contributed by atoms with van der Waals surface area (Å²) in [6.07, 6.45) is 8.53. The van der Waals surface area contributed by atoms with Gasteiger partial charge in [0.15, 0.2) is 0 Å². The molecule has 0 fully saturated rings. The summed E-state index contributed by atoms with van der Waals surface area (Å²) in [5.41, 5.74) is 3.91. The van der Waals surface area contributed by atoms with E-state index in [-0.39, 0.29) is 0 Å². The number of hydrogen-bond acceptors (Lipinski definition) is 1. The fourth-order valence-electron chi connectivity index (χ4n) is 2.01. The molecule has 0 spiro atoms. The summed E-state index contributed by atoms with van der Waals surface area (Å²) in [6.45, 7) is 6.35. The Labute approximate surface area is 123 Å². The van der Waals surface area contributed by atoms with Gasteiger partial charge in [0.25, 0.3) is 0 Å². The molecule has 0 saturated heterocycles. The molecule has 0 bridgehead atoms. The number of Topliss-reactive ketones (excluding diaryl/α,β-unsaturated/α-hetero) is 1. The van der Waals surface area contributed by atoms with Gasteiger partial charge in [-0.2, -0.15) is 0 Å². The molecular weight excluding hydrogens is 244 g/mol. The van der Waals surface area contributed by atoms with E-state index in [1.165, 1.54) is 16.7 Å². The first-order valence-electron chi connectivity index (χ1n) is 7.42. The van der Waals surface area contributed by atoms with Crippen molar-refractivity contribution in [3.8, 4) is 0 Å². The first kappa shape index (κ1) is 16.4. The van der Waals surface area contributed by atoms with Gasteiger partial charge in [0, 0.05) is 12.8 Å². The SMILES string of the molecule is CC(C)=CCC/C(C)=C/CC(=O)CCc1ccccc1. The van der Waals surface area contributed by atoms with Crippen LogP contribution in [-0.4, -0.2) is 5.78 Å². The lowest BCUT2D eigenvalue weighted by Gasteiger charge is -2.01. The standard InChI is InChI=1S/C19H26O/c1-16(2)8-7-9-17(3)12-14-19(20)15-13-18-10-5-4-6-11-18/h4-6,8,10-12H,7,9,13-15H2,1-3H3/b17-12+. The Morgan fingerprint density at radius 2 is 1.70 bits per heavy atom. The normalized spacial score (nSPS) is 11.2. The number of hydrogen-bond donors (Lipinski definition) is 0. The molecule has 1 rings (SSSR count). The van der Waals surface area contributed by atoms with E-state index in [2.05, 4.69) is 45.1 Å². The molecule has 0 aliphatic rings. The molecule has 20 heavy (non-hydrogen) atoms. The number of aryl methyl sites for hydroxylation is 1. The van der Waals surface area contributed by atoms with Gasteiger partial charge in [0.05, 0.1) is 0 Å². The molecule has 0 saturated carbocycles. The quantitative estimate of drug-likeness (QED) is 0.588. The van der Waals surface area contributed by atoms with Crippen LogP contribution in [0.25, 0.3) is 0 Å². The second-order valence-electron chi connectivity index (χ2n) is 5.60. The number of benzene rings is 1. The fourth-order valence-corrected chi connectivity index (χ4v) is 2.01. The Morgan fingerprint density at radius 1 is 1.00 bits per heavy atom. The Bertz CT molecular complexity index is 462. The predicted octanol–water partition coefficient (Wildman–Crippen LogP) is 5.27. The summed E-state index contributed by atoms with van der Waals surface area (Å²) < 4.78 is 0. The van der Waals surface area contributed by atoms with Crippen molar-refractivity contribution in [2.45, 2.75) is 52.9 Å². The number of allylic oxidation sites excluding steroid dienone is 4. The molecule has 1 nitrogen and oxygen atoms in total. The third-order valence-electron chi connectivity index (χ3n) is 3.30. The van der Waals surface area contributed by atoms with Crippen molar-refractivity contribution in [1.29, 1.82) is 0 Å². The van der Waals surface area contributed by atoms with E-state index in [4.69, 9.17) is 0 Å². The maximum atomic E-state index is 11.8. The monoisotopic (exact) mass is 270 g/mol. The fraction of sp³-hybridized carbons (Fsp3) is 0.421. The minimum Gasteiger partial charge on any atom is -0.299 e. The first-order chi connectivity index (χ1) is 9.58. The molecule has 1 aromatic carbocycles. The van der Waals surface area contributed by atoms with Crippen LogP contribution in [0.5, 0.6) is 0 Å². The lowest BCUT2D eigenvalue weighted by atomic mass is 10.0. The van der Waals surface area contributed by atoms with E-state index in [1.807, 2.05) is 18.2 Å². The van der Waals surface area contributed by atoms with Gasteiger partial charge in [-0.05, 0) is 45.6 Å². The van der Waals surface area contributed by atoms with E-state index >= 15 is 0 Å². The molecule has 0 N–H and O–H groups in total. The molecular formula is C19H26O. The summed E-state index contributed by atoms with van der Waals surface area (Å²) in [7, 11) is 0. The van der Waals surface area contributed by atoms with Crippen LogP contribution in [0.1, 0.15) is 52.0 Å². The maximum Gasteiger partial charge on any atom is 0.136 e. The second kappa shape index (κ2) is 9.30. The zero-order chi connectivity index (χ0) is 14.8. The van der Waals surface area contributed by atoms with Crippen LogP contribution in [0, 0.1) is 0 Å². The molecule has 0 radical (unpaired) electrons. The van der Waals surface area contributed by atoms with Crippen molar-refractivity contribution in [3.63, 3.8) is 0 Å². The lowest BCUT2D eigenvalue weighted by molar-refractivity contribution is -0.118. The van der Waals surface area contributed by atoms with Gasteiger partial charge in [-0.3, -0.25) is 4.79 Å². The molecule has 0 unspecified atom stereocenters.